The molecule has 0 saturated heterocycles. The normalized spacial score (nSPS) is 34.4. The van der Waals surface area contributed by atoms with Crippen molar-refractivity contribution in [2.75, 3.05) is 0 Å². The second kappa shape index (κ2) is 6.73. The lowest BCUT2D eigenvalue weighted by atomic mass is 9.55. The lowest BCUT2D eigenvalue weighted by Crippen LogP contribution is -2.63. The van der Waals surface area contributed by atoms with Crippen molar-refractivity contribution in [1.29, 1.82) is 0 Å². The molecule has 6 rings (SSSR count). The minimum atomic E-state index is -2.68. The predicted octanol–water partition coefficient (Wildman–Crippen LogP) is 1.81. The Labute approximate surface area is 193 Å². The predicted molar refractivity (Wildman–Crippen MR) is 116 cm³/mol. The van der Waals surface area contributed by atoms with Gasteiger partial charge in [0.05, 0.1) is 11.3 Å². The third-order valence-electron chi connectivity index (χ3n) is 8.17. The van der Waals surface area contributed by atoms with Gasteiger partial charge in [0.2, 0.25) is 5.78 Å². The summed E-state index contributed by atoms with van der Waals surface area (Å²) in [5, 5.41) is 43.9. The van der Waals surface area contributed by atoms with Gasteiger partial charge in [0.1, 0.15) is 28.9 Å². The van der Waals surface area contributed by atoms with E-state index in [0.717, 1.165) is 19.3 Å². The first-order chi connectivity index (χ1) is 16.2. The Morgan fingerprint density at radius 2 is 1.88 bits per heavy atom. The van der Waals surface area contributed by atoms with Gasteiger partial charge in [0, 0.05) is 35.7 Å². The molecule has 34 heavy (non-hydrogen) atoms. The highest BCUT2D eigenvalue weighted by atomic mass is 16.5. The van der Waals surface area contributed by atoms with Gasteiger partial charge in [0.15, 0.2) is 11.4 Å². The molecule has 0 aromatic heterocycles. The van der Waals surface area contributed by atoms with Crippen molar-refractivity contribution in [2.24, 2.45) is 23.5 Å². The number of ketones is 2. The number of benzene rings is 1. The number of hydrogen-bond donors (Lipinski definition) is 5. The number of amides is 1. The Balaban J connectivity index is 1.63. The number of carbonyl (C=O) groups excluding carboxylic acids is 3. The van der Waals surface area contributed by atoms with E-state index in [1.165, 1.54) is 6.07 Å². The molecule has 5 aliphatic rings. The van der Waals surface area contributed by atoms with Crippen molar-refractivity contribution in [3.05, 3.63) is 63.8 Å². The molecule has 0 radical (unpaired) electrons. The molecule has 1 saturated carbocycles. The van der Waals surface area contributed by atoms with Crippen molar-refractivity contribution in [3.8, 4) is 5.75 Å². The van der Waals surface area contributed by atoms with Crippen LogP contribution in [0.25, 0.3) is 0 Å². The average molecular weight is 465 g/mol. The minimum absolute atomic E-state index is 0.00557. The molecule has 1 fully saturated rings. The van der Waals surface area contributed by atoms with E-state index >= 15 is 0 Å². The average Bonchev–Trinajstić information content (AvgIpc) is 2.74. The van der Waals surface area contributed by atoms with E-state index in [-0.39, 0.29) is 29.2 Å². The van der Waals surface area contributed by atoms with Gasteiger partial charge in [-0.15, -0.1) is 0 Å². The van der Waals surface area contributed by atoms with Gasteiger partial charge in [-0.05, 0) is 30.5 Å². The zero-order valence-corrected chi connectivity index (χ0v) is 18.0. The number of rotatable bonds is 2. The van der Waals surface area contributed by atoms with E-state index in [0.29, 0.717) is 11.3 Å². The maximum atomic E-state index is 13.6. The molecule has 5 atom stereocenters. The Morgan fingerprint density at radius 1 is 1.15 bits per heavy atom. The highest BCUT2D eigenvalue weighted by Crippen LogP contribution is 2.59. The molecule has 1 amide bonds. The number of aromatic hydroxyl groups is 1. The van der Waals surface area contributed by atoms with E-state index in [4.69, 9.17) is 10.5 Å². The zero-order valence-electron chi connectivity index (χ0n) is 18.0. The SMILES string of the molecule is NC(=O)C1=C(O)C[C@@H]2[C@H]3OC(C4CCC4)=C[C@H]4c5cccc(O)c5C(=O)C(=C(O)[C@]2(O)C1=O)[C@H]34. The van der Waals surface area contributed by atoms with Gasteiger partial charge < -0.3 is 30.9 Å². The van der Waals surface area contributed by atoms with Crippen LogP contribution in [0.2, 0.25) is 0 Å². The number of nitrogens with two attached hydrogens (primary N) is 1. The van der Waals surface area contributed by atoms with Crippen LogP contribution < -0.4 is 5.73 Å². The number of Topliss-reactive ketones (excluding diaryl/α,β-unsaturated/α-hetero) is 2. The summed E-state index contributed by atoms with van der Waals surface area (Å²) in [7, 11) is 0. The van der Waals surface area contributed by atoms with Gasteiger partial charge in [-0.3, -0.25) is 14.4 Å². The monoisotopic (exact) mass is 465 g/mol. The first-order valence-corrected chi connectivity index (χ1v) is 11.3. The van der Waals surface area contributed by atoms with Crippen molar-refractivity contribution >= 4 is 17.5 Å². The van der Waals surface area contributed by atoms with E-state index in [1.807, 2.05) is 6.08 Å². The number of carbonyl (C=O) groups is 3. The molecule has 0 bridgehead atoms. The number of primary amides is 1. The Morgan fingerprint density at radius 3 is 2.53 bits per heavy atom. The van der Waals surface area contributed by atoms with E-state index < -0.39 is 64.0 Å². The molecular formula is C25H23NO8. The molecular weight excluding hydrogens is 442 g/mol. The van der Waals surface area contributed by atoms with Gasteiger partial charge in [-0.2, -0.15) is 0 Å². The summed E-state index contributed by atoms with van der Waals surface area (Å²) in [5.41, 5.74) is 2.12. The molecule has 6 N–H and O–H groups in total. The maximum absolute atomic E-state index is 13.6. The van der Waals surface area contributed by atoms with Crippen molar-refractivity contribution in [2.45, 2.75) is 43.3 Å². The fourth-order valence-corrected chi connectivity index (χ4v) is 6.32. The van der Waals surface area contributed by atoms with Crippen molar-refractivity contribution < 1.29 is 39.5 Å². The minimum Gasteiger partial charge on any atom is -0.511 e. The van der Waals surface area contributed by atoms with Crippen LogP contribution in [0.3, 0.4) is 0 Å². The molecule has 176 valence electrons. The third kappa shape index (κ3) is 2.39. The second-order valence-electron chi connectivity index (χ2n) is 9.76. The number of ether oxygens (including phenoxy) is 1. The van der Waals surface area contributed by atoms with Crippen LogP contribution >= 0.6 is 0 Å². The summed E-state index contributed by atoms with van der Waals surface area (Å²) in [6, 6.07) is 4.73. The lowest BCUT2D eigenvalue weighted by molar-refractivity contribution is -0.159. The Bertz CT molecular complexity index is 1290. The molecule has 1 heterocycles. The summed E-state index contributed by atoms with van der Waals surface area (Å²) in [4.78, 5) is 38.7. The maximum Gasteiger partial charge on any atom is 0.255 e. The summed E-state index contributed by atoms with van der Waals surface area (Å²) in [5.74, 6) is -6.55. The highest BCUT2D eigenvalue weighted by Gasteiger charge is 2.66. The number of aliphatic hydroxyl groups is 3. The van der Waals surface area contributed by atoms with Crippen molar-refractivity contribution in [1.82, 2.24) is 0 Å². The molecule has 9 nitrogen and oxygen atoms in total. The first kappa shape index (κ1) is 21.0. The first-order valence-electron chi connectivity index (χ1n) is 11.3. The Hall–Kier alpha value is -3.59. The standard InChI is InChI=1S/C25H23NO8/c26-24(32)18-14(28)8-12-21-17-11(7-15(34-21)9-3-1-4-9)10-5-2-6-13(27)16(10)20(29)19(17)23(31)25(12,33)22(18)30/h2,5-7,9,11-12,17,21,27-28,31,33H,1,3-4,8H2,(H2,26,32)/t11-,12+,17+,21+,25+/m0/s1. The van der Waals surface area contributed by atoms with Crippen LogP contribution in [-0.2, 0) is 14.3 Å². The van der Waals surface area contributed by atoms with Crippen molar-refractivity contribution in [3.63, 3.8) is 0 Å². The molecule has 1 aromatic rings. The highest BCUT2D eigenvalue weighted by molar-refractivity contribution is 6.24. The number of fused-ring (bicyclic) bond motifs is 4. The number of phenols is 1. The zero-order chi connectivity index (χ0) is 24.1. The lowest BCUT2D eigenvalue weighted by Gasteiger charge is -2.54. The quantitative estimate of drug-likeness (QED) is 0.412. The fourth-order valence-electron chi connectivity index (χ4n) is 6.32. The molecule has 0 unspecified atom stereocenters. The van der Waals surface area contributed by atoms with Crippen LogP contribution in [-0.4, -0.2) is 49.6 Å². The van der Waals surface area contributed by atoms with Crippen LogP contribution in [0, 0.1) is 17.8 Å². The third-order valence-corrected chi connectivity index (χ3v) is 8.17. The van der Waals surface area contributed by atoms with Gasteiger partial charge in [0.25, 0.3) is 5.91 Å². The van der Waals surface area contributed by atoms with Gasteiger partial charge >= 0.3 is 0 Å². The van der Waals surface area contributed by atoms with E-state index in [2.05, 4.69) is 0 Å². The van der Waals surface area contributed by atoms with Crippen LogP contribution in [0.5, 0.6) is 5.75 Å². The summed E-state index contributed by atoms with van der Waals surface area (Å²) in [6.07, 6.45) is 3.46. The molecule has 0 spiro atoms. The Kier molecular flexibility index (Phi) is 4.15. The second-order valence-corrected chi connectivity index (χ2v) is 9.76. The summed E-state index contributed by atoms with van der Waals surface area (Å²) >= 11 is 0. The van der Waals surface area contributed by atoms with Crippen LogP contribution in [0.1, 0.15) is 47.5 Å². The number of phenolic OH excluding ortho intramolecular Hbond substituents is 1. The number of hydrogen-bond acceptors (Lipinski definition) is 8. The summed E-state index contributed by atoms with van der Waals surface area (Å²) < 4.78 is 6.34. The van der Waals surface area contributed by atoms with Crippen LogP contribution in [0.15, 0.2) is 52.7 Å². The molecule has 1 aliphatic heterocycles. The van der Waals surface area contributed by atoms with Gasteiger partial charge in [-0.1, -0.05) is 18.6 Å². The smallest absolute Gasteiger partial charge is 0.255 e. The van der Waals surface area contributed by atoms with E-state index in [1.54, 1.807) is 12.1 Å². The van der Waals surface area contributed by atoms with E-state index in [9.17, 15) is 34.8 Å². The topological polar surface area (TPSA) is 167 Å². The fraction of sp³-hybridized carbons (Fsp3) is 0.400. The van der Waals surface area contributed by atoms with Gasteiger partial charge in [-0.25, -0.2) is 0 Å². The summed E-state index contributed by atoms with van der Waals surface area (Å²) in [6.45, 7) is 0. The largest absolute Gasteiger partial charge is 0.511 e. The number of allylic oxidation sites excluding steroid dienone is 3. The molecule has 4 aliphatic carbocycles. The van der Waals surface area contributed by atoms with Crippen LogP contribution in [0.4, 0.5) is 0 Å². The number of aliphatic hydroxyl groups excluding tert-OH is 2. The molecule has 1 aromatic carbocycles. The molecule has 9 heteroatoms.